The van der Waals surface area contributed by atoms with Gasteiger partial charge in [0, 0.05) is 43.7 Å². The van der Waals surface area contributed by atoms with Gasteiger partial charge in [0.15, 0.2) is 12.6 Å². The molecule has 0 aliphatic carbocycles. The third kappa shape index (κ3) is 8.59. The molecule has 0 bridgehead atoms. The zero-order valence-corrected chi connectivity index (χ0v) is 18.9. The van der Waals surface area contributed by atoms with E-state index in [9.17, 15) is 13.2 Å². The van der Waals surface area contributed by atoms with E-state index in [-0.39, 0.29) is 29.9 Å². The van der Waals surface area contributed by atoms with Crippen molar-refractivity contribution in [1.82, 2.24) is 20.6 Å². The molecule has 0 unspecified atom stereocenters. The zero-order chi connectivity index (χ0) is 19.9. The van der Waals surface area contributed by atoms with Crippen LogP contribution in [0.15, 0.2) is 23.3 Å². The number of hydrogen-bond donors (Lipinski definition) is 2. The molecule has 0 amide bonds. The summed E-state index contributed by atoms with van der Waals surface area (Å²) in [4.78, 5) is 13.6. The summed E-state index contributed by atoms with van der Waals surface area (Å²) in [7, 11) is 1.65. The number of nitrogens with zero attached hydrogens (tertiary/aromatic N) is 3. The highest BCUT2D eigenvalue weighted by Crippen LogP contribution is 2.18. The van der Waals surface area contributed by atoms with Crippen molar-refractivity contribution in [2.45, 2.75) is 33.0 Å². The Balaban J connectivity index is 0.00000392. The minimum atomic E-state index is -4.39. The van der Waals surface area contributed by atoms with E-state index in [1.54, 1.807) is 24.5 Å². The lowest BCUT2D eigenvalue weighted by molar-refractivity contribution is -0.154. The van der Waals surface area contributed by atoms with E-state index in [0.29, 0.717) is 19.0 Å². The number of halogens is 4. The molecule has 2 aromatic heterocycles. The second-order valence-electron chi connectivity index (χ2n) is 5.76. The van der Waals surface area contributed by atoms with Crippen LogP contribution in [0.3, 0.4) is 0 Å². The first-order valence-electron chi connectivity index (χ1n) is 8.28. The Hall–Kier alpha value is -1.63. The number of aliphatic imine (C=N–C) groups is 1. The van der Waals surface area contributed by atoms with Crippen molar-refractivity contribution in [2.24, 2.45) is 4.99 Å². The lowest BCUT2D eigenvalue weighted by Gasteiger charge is -2.12. The minimum absolute atomic E-state index is 0. The van der Waals surface area contributed by atoms with Gasteiger partial charge in [-0.15, -0.1) is 35.3 Å². The molecule has 2 aromatic rings. The molecule has 6 nitrogen and oxygen atoms in total. The van der Waals surface area contributed by atoms with Crippen LogP contribution >= 0.6 is 35.3 Å². The molecule has 11 heteroatoms. The number of rotatable bonds is 7. The van der Waals surface area contributed by atoms with Crippen LogP contribution in [0.5, 0.6) is 5.88 Å². The lowest BCUT2D eigenvalue weighted by Crippen LogP contribution is -2.37. The quantitative estimate of drug-likeness (QED) is 0.326. The number of hydrogen-bond acceptors (Lipinski definition) is 5. The fraction of sp³-hybridized carbons (Fsp3) is 0.471. The summed E-state index contributed by atoms with van der Waals surface area (Å²) >= 11 is 1.68. The standard InChI is InChI=1S/C17H22F3N5OS.HI/c1-11-12(2)27-15(25-11)5-7-23-16(21-3)24-9-13-4-6-22-14(8-13)26-10-17(18,19)20;/h4,6,8H,5,7,9-10H2,1-3H3,(H2,21,23,24);1H. The van der Waals surface area contributed by atoms with Gasteiger partial charge in [0.1, 0.15) is 0 Å². The molecular weight excluding hydrogens is 506 g/mol. The first-order valence-corrected chi connectivity index (χ1v) is 9.10. The molecule has 0 saturated carbocycles. The van der Waals surface area contributed by atoms with Crippen LogP contribution < -0.4 is 15.4 Å². The number of aryl methyl sites for hydroxylation is 2. The second-order valence-corrected chi connectivity index (χ2v) is 7.05. The van der Waals surface area contributed by atoms with Gasteiger partial charge in [-0.05, 0) is 25.5 Å². The molecule has 0 spiro atoms. The van der Waals surface area contributed by atoms with Gasteiger partial charge in [-0.3, -0.25) is 4.99 Å². The van der Waals surface area contributed by atoms with E-state index in [0.717, 1.165) is 22.7 Å². The third-order valence-electron chi connectivity index (χ3n) is 3.57. The van der Waals surface area contributed by atoms with E-state index in [1.807, 2.05) is 13.8 Å². The van der Waals surface area contributed by atoms with Crippen LogP contribution in [0.4, 0.5) is 13.2 Å². The number of thiazole rings is 1. The van der Waals surface area contributed by atoms with Gasteiger partial charge in [-0.2, -0.15) is 13.2 Å². The summed E-state index contributed by atoms with van der Waals surface area (Å²) in [6.45, 7) is 3.72. The highest BCUT2D eigenvalue weighted by molar-refractivity contribution is 14.0. The molecule has 2 N–H and O–H groups in total. The van der Waals surface area contributed by atoms with E-state index in [2.05, 4.69) is 30.3 Å². The van der Waals surface area contributed by atoms with Gasteiger partial charge in [0.2, 0.25) is 5.88 Å². The Kier molecular flexibility index (Phi) is 9.93. The highest BCUT2D eigenvalue weighted by Gasteiger charge is 2.28. The molecular formula is C17H23F3IN5OS. The van der Waals surface area contributed by atoms with Gasteiger partial charge < -0.3 is 15.4 Å². The number of nitrogens with one attached hydrogen (secondary N) is 2. The van der Waals surface area contributed by atoms with Crippen LogP contribution in [-0.4, -0.2) is 42.3 Å². The molecule has 2 rings (SSSR count). The van der Waals surface area contributed by atoms with Gasteiger partial charge in [-0.1, -0.05) is 0 Å². The summed E-state index contributed by atoms with van der Waals surface area (Å²) in [6.07, 6.45) is -2.20. The predicted molar refractivity (Wildman–Crippen MR) is 115 cm³/mol. The minimum Gasteiger partial charge on any atom is -0.468 e. The maximum absolute atomic E-state index is 12.2. The number of aromatic nitrogens is 2. The molecule has 156 valence electrons. The van der Waals surface area contributed by atoms with Gasteiger partial charge in [0.25, 0.3) is 0 Å². The van der Waals surface area contributed by atoms with E-state index >= 15 is 0 Å². The zero-order valence-electron chi connectivity index (χ0n) is 15.8. The Labute approximate surface area is 183 Å². The monoisotopic (exact) mass is 529 g/mol. The smallest absolute Gasteiger partial charge is 0.422 e. The third-order valence-corrected chi connectivity index (χ3v) is 4.70. The van der Waals surface area contributed by atoms with Crippen molar-refractivity contribution >= 4 is 41.3 Å². The Morgan fingerprint density at radius 1 is 1.29 bits per heavy atom. The van der Waals surface area contributed by atoms with Gasteiger partial charge >= 0.3 is 6.18 Å². The molecule has 28 heavy (non-hydrogen) atoms. The fourth-order valence-corrected chi connectivity index (χ4v) is 3.07. The fourth-order valence-electron chi connectivity index (χ4n) is 2.14. The maximum Gasteiger partial charge on any atom is 0.422 e. The van der Waals surface area contributed by atoms with Gasteiger partial charge in [-0.25, -0.2) is 9.97 Å². The molecule has 0 aliphatic rings. The average Bonchev–Trinajstić information content (AvgIpc) is 2.93. The van der Waals surface area contributed by atoms with Crippen molar-refractivity contribution in [3.8, 4) is 5.88 Å². The summed E-state index contributed by atoms with van der Waals surface area (Å²) in [6, 6.07) is 3.16. The number of ether oxygens (including phenoxy) is 1. The lowest BCUT2D eigenvalue weighted by atomic mass is 10.2. The first-order chi connectivity index (χ1) is 12.8. The number of guanidine groups is 1. The molecule has 2 heterocycles. The van der Waals surface area contributed by atoms with Crippen LogP contribution in [0.2, 0.25) is 0 Å². The molecule has 0 radical (unpaired) electrons. The Bertz CT molecular complexity index is 763. The van der Waals surface area contributed by atoms with Crippen LogP contribution in [0.25, 0.3) is 0 Å². The SMILES string of the molecule is CN=C(NCCc1nc(C)c(C)s1)NCc1ccnc(OCC(F)(F)F)c1.I. The molecule has 0 atom stereocenters. The normalized spacial score (nSPS) is 11.7. The number of alkyl halides is 3. The predicted octanol–water partition coefficient (Wildman–Crippen LogP) is 3.62. The van der Waals surface area contributed by atoms with Crippen molar-refractivity contribution in [2.75, 3.05) is 20.2 Å². The molecule has 0 fully saturated rings. The van der Waals surface area contributed by atoms with E-state index in [4.69, 9.17) is 0 Å². The Morgan fingerprint density at radius 2 is 2.04 bits per heavy atom. The van der Waals surface area contributed by atoms with Crippen LogP contribution in [0, 0.1) is 13.8 Å². The van der Waals surface area contributed by atoms with Crippen molar-refractivity contribution in [1.29, 1.82) is 0 Å². The Morgan fingerprint density at radius 3 is 2.64 bits per heavy atom. The maximum atomic E-state index is 12.2. The van der Waals surface area contributed by atoms with Crippen molar-refractivity contribution in [3.05, 3.63) is 39.5 Å². The first kappa shape index (κ1) is 24.4. The summed E-state index contributed by atoms with van der Waals surface area (Å²) < 4.78 is 41.3. The highest BCUT2D eigenvalue weighted by atomic mass is 127. The van der Waals surface area contributed by atoms with E-state index < -0.39 is 12.8 Å². The topological polar surface area (TPSA) is 71.4 Å². The molecule has 0 saturated heterocycles. The van der Waals surface area contributed by atoms with Crippen LogP contribution in [0.1, 0.15) is 21.1 Å². The second kappa shape index (κ2) is 11.4. The summed E-state index contributed by atoms with van der Waals surface area (Å²) in [5, 5.41) is 7.35. The molecule has 0 aliphatic heterocycles. The van der Waals surface area contributed by atoms with Gasteiger partial charge in [0.05, 0.1) is 10.7 Å². The average molecular weight is 529 g/mol. The van der Waals surface area contributed by atoms with E-state index in [1.165, 1.54) is 17.1 Å². The van der Waals surface area contributed by atoms with Crippen LogP contribution in [-0.2, 0) is 13.0 Å². The van der Waals surface area contributed by atoms with Crippen molar-refractivity contribution in [3.63, 3.8) is 0 Å². The molecule has 0 aromatic carbocycles. The summed E-state index contributed by atoms with van der Waals surface area (Å²) in [5.74, 6) is 0.527. The number of pyridine rings is 1. The summed E-state index contributed by atoms with van der Waals surface area (Å²) in [5.41, 5.74) is 1.79. The van der Waals surface area contributed by atoms with Crippen molar-refractivity contribution < 1.29 is 17.9 Å². The largest absolute Gasteiger partial charge is 0.468 e.